The van der Waals surface area contributed by atoms with Crippen molar-refractivity contribution in [2.45, 2.75) is 97.8 Å². The van der Waals surface area contributed by atoms with Gasteiger partial charge in [-0.1, -0.05) is 220 Å². The largest absolute Gasteiger partial charge is 0.311 e. The number of fused-ring (bicyclic) bond motifs is 15. The fourth-order valence-electron chi connectivity index (χ4n) is 13.5. The Morgan fingerprint density at radius 1 is 0.403 bits per heavy atom. The third-order valence-corrected chi connectivity index (χ3v) is 18.8. The van der Waals surface area contributed by atoms with E-state index in [0.29, 0.717) is 0 Å². The summed E-state index contributed by atoms with van der Waals surface area (Å²) < 4.78 is 1.40. The quantitative estimate of drug-likeness (QED) is 0.162. The summed E-state index contributed by atoms with van der Waals surface area (Å²) in [5.41, 5.74) is 30.5. The maximum absolute atomic E-state index is 2.68. The molecule has 376 valence electrons. The number of anilines is 6. The Labute approximate surface area is 460 Å². The van der Waals surface area contributed by atoms with E-state index in [2.05, 4.69) is 291 Å². The van der Waals surface area contributed by atoms with Gasteiger partial charge >= 0.3 is 0 Å². The Morgan fingerprint density at radius 3 is 1.58 bits per heavy atom. The lowest BCUT2D eigenvalue weighted by Gasteiger charge is -2.44. The van der Waals surface area contributed by atoms with E-state index in [1.807, 2.05) is 0 Å². The fraction of sp³-hybridized carbons (Fsp3) is 0.205. The predicted octanol–water partition coefficient (Wildman–Crippen LogP) is 18.0. The summed E-state index contributed by atoms with van der Waals surface area (Å²) in [7, 11) is 0. The molecule has 14 rings (SSSR count). The first-order chi connectivity index (χ1) is 36.9. The third-order valence-electron chi connectivity index (χ3n) is 17.4. The predicted molar refractivity (Wildman–Crippen MR) is 331 cm³/mol. The molecule has 77 heavy (non-hydrogen) atoms. The lowest BCUT2D eigenvalue weighted by Crippen LogP contribution is -2.60. The number of thiophene rings is 1. The number of hydrogen-bond acceptors (Lipinski definition) is 3. The number of nitrogens with zero attached hydrogens (tertiary/aromatic N) is 2. The van der Waals surface area contributed by atoms with Crippen LogP contribution in [0.1, 0.15) is 112 Å². The van der Waals surface area contributed by atoms with Crippen LogP contribution in [0.3, 0.4) is 0 Å². The molecule has 0 radical (unpaired) electrons. The van der Waals surface area contributed by atoms with E-state index in [0.717, 1.165) is 5.69 Å². The zero-order chi connectivity index (χ0) is 53.1. The van der Waals surface area contributed by atoms with Crippen molar-refractivity contribution in [3.63, 3.8) is 0 Å². The van der Waals surface area contributed by atoms with Gasteiger partial charge in [0.05, 0.1) is 11.1 Å². The van der Waals surface area contributed by atoms with Crippen LogP contribution in [0.15, 0.2) is 194 Å². The molecular formula is C73H65BN2S. The monoisotopic (exact) mass is 1010 g/mol. The van der Waals surface area contributed by atoms with Crippen molar-refractivity contribution in [3.8, 4) is 44.5 Å². The van der Waals surface area contributed by atoms with Crippen LogP contribution in [0.2, 0.25) is 0 Å². The van der Waals surface area contributed by atoms with E-state index in [1.165, 1.54) is 138 Å². The molecule has 9 aromatic carbocycles. The van der Waals surface area contributed by atoms with Gasteiger partial charge in [-0.15, -0.1) is 11.3 Å². The second-order valence-corrected chi connectivity index (χ2v) is 26.5. The first-order valence-electron chi connectivity index (χ1n) is 27.7. The van der Waals surface area contributed by atoms with E-state index in [9.17, 15) is 0 Å². The lowest BCUT2D eigenvalue weighted by atomic mass is 9.36. The maximum atomic E-state index is 2.68. The summed E-state index contributed by atoms with van der Waals surface area (Å²) in [6.45, 7) is 25.5. The van der Waals surface area contributed by atoms with Gasteiger partial charge in [-0.2, -0.15) is 0 Å². The van der Waals surface area contributed by atoms with Crippen LogP contribution in [0, 0.1) is 13.8 Å². The smallest absolute Gasteiger partial charge is 0.264 e. The minimum absolute atomic E-state index is 0.00910. The molecule has 0 N–H and O–H groups in total. The Kier molecular flexibility index (Phi) is 10.3. The van der Waals surface area contributed by atoms with Crippen molar-refractivity contribution in [2.75, 3.05) is 9.80 Å². The highest BCUT2D eigenvalue weighted by atomic mass is 32.1. The first kappa shape index (κ1) is 47.8. The minimum Gasteiger partial charge on any atom is -0.311 e. The van der Waals surface area contributed by atoms with E-state index in [4.69, 9.17) is 0 Å². The Hall–Kier alpha value is -7.66. The van der Waals surface area contributed by atoms with Crippen LogP contribution in [-0.4, -0.2) is 6.71 Å². The highest BCUT2D eigenvalue weighted by Gasteiger charge is 2.57. The van der Waals surface area contributed by atoms with Crippen LogP contribution in [0.25, 0.3) is 44.5 Å². The topological polar surface area (TPSA) is 6.48 Å². The Morgan fingerprint density at radius 2 is 0.948 bits per heavy atom. The molecule has 3 heterocycles. The molecule has 0 unspecified atom stereocenters. The lowest BCUT2D eigenvalue weighted by molar-refractivity contribution is 0.588. The van der Waals surface area contributed by atoms with Crippen molar-refractivity contribution in [3.05, 3.63) is 244 Å². The van der Waals surface area contributed by atoms with Crippen LogP contribution >= 0.6 is 11.3 Å². The molecule has 0 saturated heterocycles. The molecule has 0 fully saturated rings. The zero-order valence-electron chi connectivity index (χ0n) is 46.4. The summed E-state index contributed by atoms with van der Waals surface area (Å²) in [5, 5.41) is 0. The number of aryl methyl sites for hydroxylation is 2. The van der Waals surface area contributed by atoms with Crippen molar-refractivity contribution in [2.24, 2.45) is 0 Å². The van der Waals surface area contributed by atoms with Gasteiger partial charge < -0.3 is 9.80 Å². The molecule has 0 atom stereocenters. The number of rotatable bonds is 4. The van der Waals surface area contributed by atoms with E-state index >= 15 is 0 Å². The van der Waals surface area contributed by atoms with Gasteiger partial charge in [-0.25, -0.2) is 0 Å². The summed E-state index contributed by atoms with van der Waals surface area (Å²) in [6, 6.07) is 75.4. The van der Waals surface area contributed by atoms with Gasteiger partial charge in [0, 0.05) is 43.7 Å². The molecule has 1 spiro atoms. The fourth-order valence-corrected chi connectivity index (χ4v) is 15.2. The van der Waals surface area contributed by atoms with Crippen molar-refractivity contribution >= 4 is 67.9 Å². The molecule has 2 nitrogen and oxygen atoms in total. The third kappa shape index (κ3) is 7.00. The van der Waals surface area contributed by atoms with Crippen LogP contribution < -0.4 is 25.5 Å². The van der Waals surface area contributed by atoms with Gasteiger partial charge in [0.2, 0.25) is 0 Å². The van der Waals surface area contributed by atoms with Crippen LogP contribution in [0.5, 0.6) is 0 Å². The normalized spacial score (nSPS) is 14.5. The van der Waals surface area contributed by atoms with Gasteiger partial charge in [0.15, 0.2) is 0 Å². The summed E-state index contributed by atoms with van der Waals surface area (Å²) in [4.78, 5) is 6.70. The highest BCUT2D eigenvalue weighted by molar-refractivity contribution is 7.30. The molecule has 1 aromatic heterocycles. The van der Waals surface area contributed by atoms with Gasteiger partial charge in [-0.05, 0) is 161 Å². The van der Waals surface area contributed by atoms with Crippen molar-refractivity contribution in [1.29, 1.82) is 0 Å². The molecule has 2 aliphatic heterocycles. The van der Waals surface area contributed by atoms with Gasteiger partial charge in [0.25, 0.3) is 6.71 Å². The molecule has 0 saturated carbocycles. The maximum Gasteiger partial charge on any atom is 0.264 e. The molecule has 0 amide bonds. The number of hydrogen-bond donors (Lipinski definition) is 0. The van der Waals surface area contributed by atoms with Gasteiger partial charge in [-0.3, -0.25) is 0 Å². The molecule has 4 heteroatoms. The van der Waals surface area contributed by atoms with E-state index < -0.39 is 5.41 Å². The van der Waals surface area contributed by atoms with Crippen molar-refractivity contribution in [1.82, 2.24) is 0 Å². The van der Waals surface area contributed by atoms with E-state index in [1.54, 1.807) is 0 Å². The highest BCUT2D eigenvalue weighted by Crippen LogP contribution is 2.67. The molecule has 10 aromatic rings. The van der Waals surface area contributed by atoms with Crippen LogP contribution in [0.4, 0.5) is 34.1 Å². The molecule has 2 aliphatic carbocycles. The average Bonchev–Trinajstić information content (AvgIpc) is 4.12. The number of benzene rings is 9. The van der Waals surface area contributed by atoms with Crippen LogP contribution in [-0.2, 0) is 21.7 Å². The summed E-state index contributed by atoms with van der Waals surface area (Å²) >= 11 is 2.07. The first-order valence-corrected chi connectivity index (χ1v) is 28.5. The molecule has 0 bridgehead atoms. The second kappa shape index (κ2) is 16.7. The molecule has 4 aliphatic rings. The Bertz CT molecular complexity index is 4020. The standard InChI is InChI=1S/C73H65BN2S/c1-44-25-32-51(33-26-44)75-62-41-47(57-42-49(71(6,7)8)30-36-53(57)46-19-13-12-14-20-46)27-38-61(62)74-66-63(75)39-45(2)40-64(66)76(52-34-28-48(29-35-52)70(3,4)5)67-65-56-37-31-50(72(9,10)11)43-60(56)73(68(65)77-69(67)74)58-23-17-15-21-54(58)55-22-16-18-24-59(55)73/h12-43H,1-11H3. The Balaban J connectivity index is 1.11. The van der Waals surface area contributed by atoms with Crippen molar-refractivity contribution < 1.29 is 0 Å². The van der Waals surface area contributed by atoms with E-state index in [-0.39, 0.29) is 23.0 Å². The zero-order valence-corrected chi connectivity index (χ0v) is 47.2. The minimum atomic E-state index is -0.505. The molecular weight excluding hydrogens is 948 g/mol. The average molecular weight is 1010 g/mol. The summed E-state index contributed by atoms with van der Waals surface area (Å²) in [6.07, 6.45) is 0. The second-order valence-electron chi connectivity index (χ2n) is 25.5. The summed E-state index contributed by atoms with van der Waals surface area (Å²) in [5.74, 6) is 0. The SMILES string of the molecule is Cc1ccc(N2c3cc(-c4cc(C(C)(C)C)ccc4-c4ccccc4)ccc3B3c4sc5c(c4N(c4ccc(C(C)(C)C)cc4)c4cc(C)cc2c43)-c2ccc(C(C)(C)C)cc2C52c3ccccc3-c3ccccc32)cc1. The van der Waals surface area contributed by atoms with Gasteiger partial charge in [0.1, 0.15) is 0 Å².